The Labute approximate surface area is 152 Å². The van der Waals surface area contributed by atoms with Crippen LogP contribution in [0, 0.1) is 0 Å². The van der Waals surface area contributed by atoms with Crippen LogP contribution in [0.5, 0.6) is 5.75 Å². The Morgan fingerprint density at radius 1 is 1.42 bits per heavy atom. The Morgan fingerprint density at radius 2 is 2.12 bits per heavy atom. The van der Waals surface area contributed by atoms with E-state index in [0.717, 1.165) is 10.2 Å². The molecular weight excluding hydrogens is 396 g/mol. The van der Waals surface area contributed by atoms with Gasteiger partial charge in [-0.15, -0.1) is 10.2 Å². The fourth-order valence-corrected chi connectivity index (χ4v) is 3.62. The molecule has 24 heavy (non-hydrogen) atoms. The van der Waals surface area contributed by atoms with Gasteiger partial charge in [0, 0.05) is 11.5 Å². The lowest BCUT2D eigenvalue weighted by Crippen LogP contribution is -2.34. The van der Waals surface area contributed by atoms with Crippen molar-refractivity contribution in [3.05, 3.63) is 33.7 Å². The third-order valence-electron chi connectivity index (χ3n) is 3.64. The second-order valence-corrected chi connectivity index (χ2v) is 7.31. The van der Waals surface area contributed by atoms with E-state index in [0.29, 0.717) is 16.6 Å². The number of hydrogen-bond donors (Lipinski definition) is 1. The average Bonchev–Trinajstić information content (AvgIpc) is 3.12. The normalized spacial score (nSPS) is 19.0. The van der Waals surface area contributed by atoms with E-state index in [-0.39, 0.29) is 18.7 Å². The van der Waals surface area contributed by atoms with E-state index in [4.69, 9.17) is 4.74 Å². The molecule has 2 unspecified atom stereocenters. The van der Waals surface area contributed by atoms with Crippen molar-refractivity contribution in [1.29, 1.82) is 0 Å². The quantitative estimate of drug-likeness (QED) is 0.816. The second kappa shape index (κ2) is 7.04. The van der Waals surface area contributed by atoms with Crippen LogP contribution in [0.1, 0.15) is 24.5 Å². The molecule has 0 aliphatic carbocycles. The fraction of sp³-hybridized carbons (Fsp3) is 0.400. The number of likely N-dealkylation sites (N-methyl/N-ethyl adjacent to an activating group) is 1. The van der Waals surface area contributed by atoms with E-state index < -0.39 is 6.23 Å². The van der Waals surface area contributed by atoms with Gasteiger partial charge in [-0.25, -0.2) is 9.69 Å². The number of aliphatic hydroxyl groups excluding tert-OH is 1. The zero-order valence-corrected chi connectivity index (χ0v) is 15.6. The molecule has 1 aromatic carbocycles. The number of aromatic nitrogens is 2. The molecule has 2 amide bonds. The second-order valence-electron chi connectivity index (χ2n) is 5.41. The number of urea groups is 1. The number of amides is 2. The van der Waals surface area contributed by atoms with E-state index in [1.165, 1.54) is 21.1 Å². The number of nitrogens with zero attached hydrogens (tertiary/aromatic N) is 4. The molecule has 1 aliphatic rings. The van der Waals surface area contributed by atoms with Gasteiger partial charge in [-0.05, 0) is 30.7 Å². The maximum absolute atomic E-state index is 12.1. The standard InChI is InChI=1S/C15H17BrN4O3S/c1-3-11(23-10-6-4-9(16)5-7-10)13-17-18-14(24-13)20-12(21)8-19(2)15(20)22/h4-7,11-12,21H,3,8H2,1-2H3. The number of hydrogen-bond acceptors (Lipinski definition) is 6. The summed E-state index contributed by atoms with van der Waals surface area (Å²) in [5, 5.41) is 19.3. The van der Waals surface area contributed by atoms with Crippen LogP contribution in [-0.2, 0) is 0 Å². The molecule has 0 spiro atoms. The summed E-state index contributed by atoms with van der Waals surface area (Å²) >= 11 is 4.65. The van der Waals surface area contributed by atoms with Crippen LogP contribution in [0.15, 0.2) is 28.7 Å². The first-order chi connectivity index (χ1) is 11.5. The smallest absolute Gasteiger partial charge is 0.328 e. The first-order valence-corrected chi connectivity index (χ1v) is 9.08. The third kappa shape index (κ3) is 3.38. The lowest BCUT2D eigenvalue weighted by molar-refractivity contribution is 0.183. The van der Waals surface area contributed by atoms with Gasteiger partial charge in [0.1, 0.15) is 5.75 Å². The van der Waals surface area contributed by atoms with Gasteiger partial charge < -0.3 is 14.7 Å². The van der Waals surface area contributed by atoms with Crippen molar-refractivity contribution < 1.29 is 14.6 Å². The number of anilines is 1. The summed E-state index contributed by atoms with van der Waals surface area (Å²) in [6.45, 7) is 2.24. The minimum atomic E-state index is -0.907. The maximum Gasteiger partial charge on any atom is 0.328 e. The van der Waals surface area contributed by atoms with Crippen LogP contribution in [0.25, 0.3) is 0 Å². The Hall–Kier alpha value is -1.71. The summed E-state index contributed by atoms with van der Waals surface area (Å²) < 4.78 is 6.94. The summed E-state index contributed by atoms with van der Waals surface area (Å²) in [6.07, 6.45) is -0.457. The van der Waals surface area contributed by atoms with Gasteiger partial charge in [0.2, 0.25) is 5.13 Å². The maximum atomic E-state index is 12.1. The van der Waals surface area contributed by atoms with Crippen LogP contribution >= 0.6 is 27.3 Å². The van der Waals surface area contributed by atoms with Crippen molar-refractivity contribution in [2.75, 3.05) is 18.5 Å². The molecule has 1 aromatic heterocycles. The number of halogens is 1. The first-order valence-electron chi connectivity index (χ1n) is 7.47. The van der Waals surface area contributed by atoms with Crippen molar-refractivity contribution >= 4 is 38.4 Å². The van der Waals surface area contributed by atoms with Crippen LogP contribution in [0.2, 0.25) is 0 Å². The lowest BCUT2D eigenvalue weighted by Gasteiger charge is -2.16. The summed E-state index contributed by atoms with van der Waals surface area (Å²) in [7, 11) is 1.64. The largest absolute Gasteiger partial charge is 0.483 e. The van der Waals surface area contributed by atoms with Crippen LogP contribution in [0.3, 0.4) is 0 Å². The van der Waals surface area contributed by atoms with Crippen molar-refractivity contribution in [2.45, 2.75) is 25.7 Å². The average molecular weight is 413 g/mol. The number of benzene rings is 1. The van der Waals surface area contributed by atoms with Gasteiger partial charge in [-0.1, -0.05) is 34.2 Å². The van der Waals surface area contributed by atoms with E-state index in [9.17, 15) is 9.90 Å². The minimum Gasteiger partial charge on any atom is -0.483 e. The van der Waals surface area contributed by atoms with E-state index in [1.54, 1.807) is 7.05 Å². The molecule has 7 nitrogen and oxygen atoms in total. The van der Waals surface area contributed by atoms with Gasteiger partial charge in [0.15, 0.2) is 17.3 Å². The Kier molecular flexibility index (Phi) is 5.02. The van der Waals surface area contributed by atoms with Crippen LogP contribution in [0.4, 0.5) is 9.93 Å². The van der Waals surface area contributed by atoms with Crippen molar-refractivity contribution in [1.82, 2.24) is 15.1 Å². The van der Waals surface area contributed by atoms with Crippen LogP contribution < -0.4 is 9.64 Å². The molecule has 2 atom stereocenters. The monoisotopic (exact) mass is 412 g/mol. The molecule has 0 saturated carbocycles. The summed E-state index contributed by atoms with van der Waals surface area (Å²) in [5.74, 6) is 0.735. The summed E-state index contributed by atoms with van der Waals surface area (Å²) in [4.78, 5) is 14.8. The molecule has 1 N–H and O–H groups in total. The highest BCUT2D eigenvalue weighted by Gasteiger charge is 2.37. The van der Waals surface area contributed by atoms with Crippen molar-refractivity contribution in [3.8, 4) is 5.75 Å². The first kappa shape index (κ1) is 17.1. The molecule has 1 fully saturated rings. The number of ether oxygens (including phenoxy) is 1. The lowest BCUT2D eigenvalue weighted by atomic mass is 10.3. The van der Waals surface area contributed by atoms with Gasteiger partial charge in [-0.3, -0.25) is 0 Å². The van der Waals surface area contributed by atoms with Crippen molar-refractivity contribution in [3.63, 3.8) is 0 Å². The molecule has 0 radical (unpaired) electrons. The number of β-amino-alcohol motifs (C(OH)–C–C–N with tert-alkyl or cyclic N) is 1. The number of aliphatic hydroxyl groups is 1. The number of carbonyl (C=O) groups is 1. The fourth-order valence-electron chi connectivity index (χ4n) is 2.37. The highest BCUT2D eigenvalue weighted by molar-refractivity contribution is 9.10. The van der Waals surface area contributed by atoms with Gasteiger partial charge in [-0.2, -0.15) is 0 Å². The van der Waals surface area contributed by atoms with Crippen LogP contribution in [-0.4, -0.2) is 46.1 Å². The number of carbonyl (C=O) groups excluding carboxylic acids is 1. The third-order valence-corrected chi connectivity index (χ3v) is 5.19. The van der Waals surface area contributed by atoms with Gasteiger partial charge >= 0.3 is 6.03 Å². The zero-order valence-electron chi connectivity index (χ0n) is 13.2. The Balaban J connectivity index is 1.78. The highest BCUT2D eigenvalue weighted by Crippen LogP contribution is 2.32. The molecule has 1 saturated heterocycles. The van der Waals surface area contributed by atoms with E-state index >= 15 is 0 Å². The molecule has 0 bridgehead atoms. The molecule has 2 aromatic rings. The topological polar surface area (TPSA) is 78.8 Å². The minimum absolute atomic E-state index is 0.250. The molecular formula is C15H17BrN4O3S. The van der Waals surface area contributed by atoms with Crippen molar-refractivity contribution in [2.24, 2.45) is 0 Å². The highest BCUT2D eigenvalue weighted by atomic mass is 79.9. The Morgan fingerprint density at radius 3 is 2.71 bits per heavy atom. The summed E-state index contributed by atoms with van der Waals surface area (Å²) in [5.41, 5.74) is 0. The van der Waals surface area contributed by atoms with Gasteiger partial charge in [0.05, 0.1) is 6.54 Å². The van der Waals surface area contributed by atoms with E-state index in [1.807, 2.05) is 31.2 Å². The number of rotatable bonds is 5. The summed E-state index contributed by atoms with van der Waals surface area (Å²) in [6, 6.07) is 7.27. The zero-order chi connectivity index (χ0) is 17.3. The molecule has 1 aliphatic heterocycles. The van der Waals surface area contributed by atoms with E-state index in [2.05, 4.69) is 26.1 Å². The predicted octanol–water partition coefficient (Wildman–Crippen LogP) is 3.02. The molecule has 3 rings (SSSR count). The molecule has 128 valence electrons. The Bertz CT molecular complexity index is 724. The molecule has 9 heteroatoms. The SMILES string of the molecule is CCC(Oc1ccc(Br)cc1)c1nnc(N2C(=O)N(C)CC2O)s1. The van der Waals surface area contributed by atoms with Gasteiger partial charge in [0.25, 0.3) is 0 Å². The molecule has 2 heterocycles. The predicted molar refractivity (Wildman–Crippen MR) is 94.2 cm³/mol.